The van der Waals surface area contributed by atoms with Gasteiger partial charge in [-0.05, 0) is 30.7 Å². The van der Waals surface area contributed by atoms with Gasteiger partial charge >= 0.3 is 0 Å². The van der Waals surface area contributed by atoms with Gasteiger partial charge in [0.15, 0.2) is 0 Å². The maximum Gasteiger partial charge on any atom is 0.243 e. The van der Waals surface area contributed by atoms with Gasteiger partial charge in [0.25, 0.3) is 0 Å². The first kappa shape index (κ1) is 21.7. The number of hydrogen-bond acceptors (Lipinski definition) is 4. The van der Waals surface area contributed by atoms with Gasteiger partial charge in [-0.3, -0.25) is 4.79 Å². The van der Waals surface area contributed by atoms with Gasteiger partial charge in [0, 0.05) is 12.6 Å². The van der Waals surface area contributed by atoms with E-state index in [1.807, 2.05) is 67.6 Å². The number of nitrogens with zero attached hydrogens (tertiary/aromatic N) is 2. The number of carbonyl (C=O) groups excluding carboxylic acids is 1. The van der Waals surface area contributed by atoms with Crippen LogP contribution in [0.15, 0.2) is 83.8 Å². The molecule has 0 aliphatic rings. The Kier molecular flexibility index (Phi) is 6.07. The lowest BCUT2D eigenvalue weighted by atomic mass is 10.1. The number of nitrogens with one attached hydrogen (secondary N) is 2. The number of amides is 1. The summed E-state index contributed by atoms with van der Waals surface area (Å²) in [6, 6.07) is 23.6. The summed E-state index contributed by atoms with van der Waals surface area (Å²) in [6.45, 7) is 1.58. The summed E-state index contributed by atoms with van der Waals surface area (Å²) >= 11 is 0. The molecule has 8 heteroatoms. The van der Waals surface area contributed by atoms with E-state index in [1.165, 1.54) is 13.1 Å². The second-order valence-electron chi connectivity index (χ2n) is 7.59. The molecular weight excluding hydrogens is 424 g/mol. The molecule has 7 nitrogen and oxygen atoms in total. The number of benzene rings is 3. The Balaban J connectivity index is 1.50. The highest BCUT2D eigenvalue weighted by Crippen LogP contribution is 2.24. The van der Waals surface area contributed by atoms with E-state index in [9.17, 15) is 13.2 Å². The Labute approximate surface area is 187 Å². The molecule has 0 saturated carbocycles. The van der Waals surface area contributed by atoms with Crippen LogP contribution in [0.5, 0.6) is 0 Å². The number of rotatable bonds is 7. The minimum atomic E-state index is -3.86. The molecule has 0 unspecified atom stereocenters. The number of hydrogen-bond donors (Lipinski definition) is 2. The van der Waals surface area contributed by atoms with Crippen molar-refractivity contribution in [2.24, 2.45) is 0 Å². The van der Waals surface area contributed by atoms with E-state index in [-0.39, 0.29) is 23.4 Å². The summed E-state index contributed by atoms with van der Waals surface area (Å²) in [5, 5.41) is 2.84. The Morgan fingerprint density at radius 2 is 1.69 bits per heavy atom. The summed E-state index contributed by atoms with van der Waals surface area (Å²) in [4.78, 5) is 20.3. The van der Waals surface area contributed by atoms with Gasteiger partial charge in [0.2, 0.25) is 15.9 Å². The molecule has 0 fully saturated rings. The molecule has 32 heavy (non-hydrogen) atoms. The Bertz CT molecular complexity index is 1340. The number of aromatic amines is 1. The van der Waals surface area contributed by atoms with E-state index in [0.717, 1.165) is 15.4 Å². The molecule has 1 aromatic heterocycles. The molecule has 0 spiro atoms. The van der Waals surface area contributed by atoms with E-state index in [2.05, 4.69) is 15.3 Å². The van der Waals surface area contributed by atoms with Gasteiger partial charge < -0.3 is 10.3 Å². The smallest absolute Gasteiger partial charge is 0.243 e. The van der Waals surface area contributed by atoms with Crippen molar-refractivity contribution in [2.75, 3.05) is 13.6 Å². The first-order valence-corrected chi connectivity index (χ1v) is 11.6. The maximum absolute atomic E-state index is 13.1. The second kappa shape index (κ2) is 8.94. The van der Waals surface area contributed by atoms with Crippen LogP contribution in [-0.2, 0) is 14.8 Å². The van der Waals surface area contributed by atoms with Crippen LogP contribution in [-0.4, -0.2) is 42.2 Å². The number of fused-ring (bicyclic) bond motifs is 1. The maximum atomic E-state index is 13.1. The summed E-state index contributed by atoms with van der Waals surface area (Å²) in [5.41, 5.74) is 3.14. The lowest BCUT2D eigenvalue weighted by Crippen LogP contribution is -2.39. The molecule has 164 valence electrons. The predicted molar refractivity (Wildman–Crippen MR) is 124 cm³/mol. The summed E-state index contributed by atoms with van der Waals surface area (Å²) < 4.78 is 27.2. The molecule has 3 aromatic carbocycles. The third kappa shape index (κ3) is 4.56. The largest absolute Gasteiger partial charge is 0.348 e. The Morgan fingerprint density at radius 1 is 1.03 bits per heavy atom. The van der Waals surface area contributed by atoms with Gasteiger partial charge in [-0.15, -0.1) is 0 Å². The third-order valence-electron chi connectivity index (χ3n) is 5.25. The topological polar surface area (TPSA) is 95.2 Å². The monoisotopic (exact) mass is 448 g/mol. The van der Waals surface area contributed by atoms with Crippen LogP contribution in [0.2, 0.25) is 0 Å². The molecule has 1 amide bonds. The number of imidazole rings is 1. The molecule has 0 radical (unpaired) electrons. The van der Waals surface area contributed by atoms with Crippen molar-refractivity contribution in [3.05, 3.63) is 84.4 Å². The third-order valence-corrected chi connectivity index (χ3v) is 7.05. The Morgan fingerprint density at radius 3 is 2.38 bits per heavy atom. The lowest BCUT2D eigenvalue weighted by molar-refractivity contribution is -0.121. The molecule has 4 rings (SSSR count). The minimum absolute atomic E-state index is 0.0969. The first-order valence-electron chi connectivity index (χ1n) is 10.2. The van der Waals surface area contributed by atoms with Gasteiger partial charge in [-0.2, -0.15) is 4.31 Å². The van der Waals surface area contributed by atoms with E-state index in [0.29, 0.717) is 16.9 Å². The fraction of sp³-hybridized carbons (Fsp3) is 0.167. The summed E-state index contributed by atoms with van der Waals surface area (Å²) in [6.07, 6.45) is 0. The van der Waals surface area contributed by atoms with E-state index in [1.54, 1.807) is 12.1 Å². The number of carbonyl (C=O) groups is 1. The molecule has 0 aliphatic heterocycles. The SMILES string of the molecule is C[C@@H](NC(=O)CN(C)S(=O)(=O)c1ccc2nc(-c3ccccc3)[nH]c2c1)c1ccccc1. The van der Waals surface area contributed by atoms with Gasteiger partial charge in [-0.1, -0.05) is 60.7 Å². The van der Waals surface area contributed by atoms with E-state index in [4.69, 9.17) is 0 Å². The van der Waals surface area contributed by atoms with Gasteiger partial charge in [0.1, 0.15) is 5.82 Å². The van der Waals surface area contributed by atoms with Crippen LogP contribution >= 0.6 is 0 Å². The van der Waals surface area contributed by atoms with Crippen LogP contribution in [0.3, 0.4) is 0 Å². The zero-order chi connectivity index (χ0) is 22.7. The molecule has 0 saturated heterocycles. The molecule has 1 heterocycles. The molecule has 1 atom stereocenters. The normalized spacial score (nSPS) is 12.7. The number of sulfonamides is 1. The van der Waals surface area contributed by atoms with Crippen LogP contribution in [0.1, 0.15) is 18.5 Å². The molecule has 0 aliphatic carbocycles. The Hall–Kier alpha value is -3.49. The van der Waals surface area contributed by atoms with Crippen molar-refractivity contribution in [2.45, 2.75) is 17.9 Å². The number of aromatic nitrogens is 2. The predicted octanol–water partition coefficient (Wildman–Crippen LogP) is 3.73. The summed E-state index contributed by atoms with van der Waals surface area (Å²) in [5.74, 6) is 0.291. The van der Waals surface area contributed by atoms with E-state index >= 15 is 0 Å². The fourth-order valence-corrected chi connectivity index (χ4v) is 4.62. The number of likely N-dealkylation sites (N-methyl/N-ethyl adjacent to an activating group) is 1. The van der Waals surface area contributed by atoms with Crippen molar-refractivity contribution in [1.82, 2.24) is 19.6 Å². The average molecular weight is 449 g/mol. The summed E-state index contributed by atoms with van der Waals surface area (Å²) in [7, 11) is -2.46. The van der Waals surface area contributed by atoms with Crippen molar-refractivity contribution in [3.63, 3.8) is 0 Å². The molecule has 0 bridgehead atoms. The fourth-order valence-electron chi connectivity index (χ4n) is 3.46. The van der Waals surface area contributed by atoms with Gasteiger partial charge in [0.05, 0.1) is 28.5 Å². The standard InChI is InChI=1S/C24H24N4O3S/c1-17(18-9-5-3-6-10-18)25-23(29)16-28(2)32(30,31)20-13-14-21-22(15-20)27-24(26-21)19-11-7-4-8-12-19/h3-15,17H,16H2,1-2H3,(H,25,29)(H,26,27)/t17-/m1/s1. The van der Waals surface area contributed by atoms with Crippen LogP contribution in [0, 0.1) is 0 Å². The zero-order valence-electron chi connectivity index (χ0n) is 17.8. The highest BCUT2D eigenvalue weighted by Gasteiger charge is 2.24. The quantitative estimate of drug-likeness (QED) is 0.450. The molecular formula is C24H24N4O3S. The van der Waals surface area contributed by atoms with Gasteiger partial charge in [-0.25, -0.2) is 13.4 Å². The van der Waals surface area contributed by atoms with Crippen molar-refractivity contribution >= 4 is 27.0 Å². The van der Waals surface area contributed by atoms with Crippen LogP contribution in [0.25, 0.3) is 22.4 Å². The zero-order valence-corrected chi connectivity index (χ0v) is 18.6. The lowest BCUT2D eigenvalue weighted by Gasteiger charge is -2.19. The number of H-pyrrole nitrogens is 1. The van der Waals surface area contributed by atoms with Crippen LogP contribution < -0.4 is 5.32 Å². The molecule has 2 N–H and O–H groups in total. The highest BCUT2D eigenvalue weighted by molar-refractivity contribution is 7.89. The van der Waals surface area contributed by atoms with E-state index < -0.39 is 10.0 Å². The van der Waals surface area contributed by atoms with Crippen molar-refractivity contribution in [1.29, 1.82) is 0 Å². The van der Waals surface area contributed by atoms with Crippen molar-refractivity contribution < 1.29 is 13.2 Å². The first-order chi connectivity index (χ1) is 15.3. The van der Waals surface area contributed by atoms with Crippen molar-refractivity contribution in [3.8, 4) is 11.4 Å². The van der Waals surface area contributed by atoms with Crippen LogP contribution in [0.4, 0.5) is 0 Å². The highest BCUT2D eigenvalue weighted by atomic mass is 32.2. The average Bonchev–Trinajstić information content (AvgIpc) is 3.23. The molecule has 4 aromatic rings. The minimum Gasteiger partial charge on any atom is -0.348 e. The second-order valence-corrected chi connectivity index (χ2v) is 9.64.